The van der Waals surface area contributed by atoms with Gasteiger partial charge in [-0.3, -0.25) is 4.79 Å². The summed E-state index contributed by atoms with van der Waals surface area (Å²) < 4.78 is 16.4. The molecule has 0 saturated carbocycles. The number of allylic oxidation sites excluding steroid dienone is 1. The van der Waals surface area contributed by atoms with Crippen LogP contribution in [0.15, 0.2) is 103 Å². The van der Waals surface area contributed by atoms with E-state index in [-0.39, 0.29) is 17.5 Å². The third kappa shape index (κ3) is 4.84. The van der Waals surface area contributed by atoms with Crippen LogP contribution in [-0.4, -0.2) is 18.9 Å². The predicted octanol–water partition coefficient (Wildman–Crippen LogP) is 6.34. The van der Waals surface area contributed by atoms with E-state index >= 15 is 0 Å². The van der Waals surface area contributed by atoms with E-state index in [2.05, 4.69) is 12.1 Å². The van der Waals surface area contributed by atoms with Crippen LogP contribution in [0.5, 0.6) is 11.5 Å². The maximum Gasteiger partial charge on any atom is 0.337 e. The van der Waals surface area contributed by atoms with Crippen LogP contribution >= 0.6 is 0 Å². The number of carbonyl (C=O) groups is 2. The largest absolute Gasteiger partial charge is 0.489 e. The number of hydrogen-bond donors (Lipinski definition) is 0. The van der Waals surface area contributed by atoms with Crippen LogP contribution in [0.2, 0.25) is 0 Å². The maximum atomic E-state index is 12.8. The van der Waals surface area contributed by atoms with Gasteiger partial charge in [-0.15, -0.1) is 0 Å². The van der Waals surface area contributed by atoms with Crippen molar-refractivity contribution in [3.05, 3.63) is 125 Å². The monoisotopic (exact) mass is 462 g/mol. The van der Waals surface area contributed by atoms with Gasteiger partial charge in [-0.05, 0) is 52.6 Å². The van der Waals surface area contributed by atoms with Gasteiger partial charge in [-0.2, -0.15) is 0 Å². The van der Waals surface area contributed by atoms with Crippen LogP contribution in [-0.2, 0) is 11.3 Å². The Balaban J connectivity index is 1.26. The van der Waals surface area contributed by atoms with Crippen molar-refractivity contribution in [3.63, 3.8) is 0 Å². The fourth-order valence-electron chi connectivity index (χ4n) is 3.83. The number of Topliss-reactive ketones (excluding diaryl/α,β-unsaturated/α-hetero) is 1. The Kier molecular flexibility index (Phi) is 6.14. The Morgan fingerprint density at radius 3 is 2.29 bits per heavy atom. The van der Waals surface area contributed by atoms with Crippen molar-refractivity contribution in [2.75, 3.05) is 7.11 Å². The molecule has 0 atom stereocenters. The zero-order chi connectivity index (χ0) is 24.2. The van der Waals surface area contributed by atoms with Crippen molar-refractivity contribution in [3.8, 4) is 22.6 Å². The number of hydrogen-bond acceptors (Lipinski definition) is 5. The lowest BCUT2D eigenvalue weighted by Gasteiger charge is -2.08. The quantitative estimate of drug-likeness (QED) is 0.247. The van der Waals surface area contributed by atoms with Gasteiger partial charge in [-0.25, -0.2) is 4.79 Å². The van der Waals surface area contributed by atoms with Gasteiger partial charge < -0.3 is 14.2 Å². The molecule has 1 aliphatic rings. The molecule has 0 saturated heterocycles. The first-order valence-corrected chi connectivity index (χ1v) is 11.1. The number of esters is 1. The molecule has 5 nitrogen and oxygen atoms in total. The average molecular weight is 463 g/mol. The van der Waals surface area contributed by atoms with Crippen molar-refractivity contribution >= 4 is 17.8 Å². The molecule has 1 aliphatic heterocycles. The Labute approximate surface area is 203 Å². The molecule has 172 valence electrons. The zero-order valence-corrected chi connectivity index (χ0v) is 19.1. The highest BCUT2D eigenvalue weighted by Gasteiger charge is 2.27. The van der Waals surface area contributed by atoms with Crippen molar-refractivity contribution in [1.82, 2.24) is 0 Å². The van der Waals surface area contributed by atoms with E-state index in [9.17, 15) is 9.59 Å². The molecule has 0 spiro atoms. The van der Waals surface area contributed by atoms with E-state index in [1.165, 1.54) is 7.11 Å². The highest BCUT2D eigenvalue weighted by Crippen LogP contribution is 2.35. The molecule has 0 aromatic heterocycles. The van der Waals surface area contributed by atoms with Gasteiger partial charge in [0.15, 0.2) is 5.76 Å². The van der Waals surface area contributed by atoms with Crippen LogP contribution in [0.1, 0.15) is 31.8 Å². The molecule has 0 aliphatic carbocycles. The summed E-state index contributed by atoms with van der Waals surface area (Å²) in [4.78, 5) is 24.4. The minimum Gasteiger partial charge on any atom is -0.489 e. The maximum absolute atomic E-state index is 12.8. The van der Waals surface area contributed by atoms with E-state index in [1.807, 2.05) is 54.6 Å². The highest BCUT2D eigenvalue weighted by atomic mass is 16.5. The number of ether oxygens (including phenoxy) is 3. The summed E-state index contributed by atoms with van der Waals surface area (Å²) in [6.07, 6.45) is 1.75. The lowest BCUT2D eigenvalue weighted by atomic mass is 10.0. The molecule has 35 heavy (non-hydrogen) atoms. The molecule has 4 aromatic rings. The topological polar surface area (TPSA) is 61.8 Å². The molecule has 0 unspecified atom stereocenters. The third-order valence-electron chi connectivity index (χ3n) is 5.74. The van der Waals surface area contributed by atoms with Crippen molar-refractivity contribution in [1.29, 1.82) is 0 Å². The molecule has 5 rings (SSSR count). The van der Waals surface area contributed by atoms with Crippen LogP contribution in [0.25, 0.3) is 17.2 Å². The normalized spacial score (nSPS) is 13.3. The van der Waals surface area contributed by atoms with Gasteiger partial charge in [0, 0.05) is 6.07 Å². The first-order chi connectivity index (χ1) is 17.1. The van der Waals surface area contributed by atoms with Crippen molar-refractivity contribution in [2.45, 2.75) is 6.61 Å². The Bertz CT molecular complexity index is 1400. The summed E-state index contributed by atoms with van der Waals surface area (Å²) in [6, 6.07) is 30.3. The molecule has 5 heteroatoms. The second-order valence-electron chi connectivity index (χ2n) is 8.06. The minimum absolute atomic E-state index is 0.155. The van der Waals surface area contributed by atoms with Crippen molar-refractivity contribution in [2.24, 2.45) is 0 Å². The number of carbonyl (C=O) groups excluding carboxylic acids is 2. The van der Waals surface area contributed by atoms with E-state index in [0.29, 0.717) is 29.2 Å². The molecule has 1 heterocycles. The summed E-state index contributed by atoms with van der Waals surface area (Å²) in [5.74, 6) is 0.803. The highest BCUT2D eigenvalue weighted by molar-refractivity contribution is 6.14. The number of ketones is 1. The van der Waals surface area contributed by atoms with Gasteiger partial charge in [0.05, 0.1) is 18.2 Å². The molecule has 4 aromatic carbocycles. The summed E-state index contributed by atoms with van der Waals surface area (Å²) in [5.41, 5.74) is 5.01. The first kappa shape index (κ1) is 22.2. The van der Waals surface area contributed by atoms with E-state index in [4.69, 9.17) is 14.2 Å². The lowest BCUT2D eigenvalue weighted by Crippen LogP contribution is -2.02. The van der Waals surface area contributed by atoms with Crippen LogP contribution in [0.4, 0.5) is 0 Å². The second kappa shape index (κ2) is 9.69. The number of methoxy groups -OCH3 is 1. The standard InChI is InChI=1S/C30H22O5/c1-33-30(32)24-13-9-21(10-14-24)19-34-25-15-16-26-27(18-25)35-28(29(26)31)17-20-7-11-23(12-8-20)22-5-3-2-4-6-22/h2-18H,19H2,1H3/b28-17-. The molecule has 0 amide bonds. The van der Waals surface area contributed by atoms with Gasteiger partial charge in [0.1, 0.15) is 18.1 Å². The third-order valence-corrected chi connectivity index (χ3v) is 5.74. The summed E-state index contributed by atoms with van der Waals surface area (Å²) in [7, 11) is 1.35. The van der Waals surface area contributed by atoms with Crippen LogP contribution < -0.4 is 9.47 Å². The van der Waals surface area contributed by atoms with Crippen LogP contribution in [0.3, 0.4) is 0 Å². The summed E-state index contributed by atoms with van der Waals surface area (Å²) in [6.45, 7) is 0.310. The molecular weight excluding hydrogens is 440 g/mol. The summed E-state index contributed by atoms with van der Waals surface area (Å²) in [5, 5.41) is 0. The van der Waals surface area contributed by atoms with E-state index in [0.717, 1.165) is 22.3 Å². The van der Waals surface area contributed by atoms with Gasteiger partial charge >= 0.3 is 5.97 Å². The summed E-state index contributed by atoms with van der Waals surface area (Å²) >= 11 is 0. The van der Waals surface area contributed by atoms with Crippen LogP contribution in [0, 0.1) is 0 Å². The molecular formula is C30H22O5. The van der Waals surface area contributed by atoms with Gasteiger partial charge in [-0.1, -0.05) is 66.7 Å². The Morgan fingerprint density at radius 2 is 1.57 bits per heavy atom. The fourth-order valence-corrected chi connectivity index (χ4v) is 3.83. The smallest absolute Gasteiger partial charge is 0.337 e. The second-order valence-corrected chi connectivity index (χ2v) is 8.06. The van der Waals surface area contributed by atoms with Gasteiger partial charge in [0.2, 0.25) is 5.78 Å². The van der Waals surface area contributed by atoms with E-state index in [1.54, 1.807) is 36.4 Å². The number of rotatable bonds is 6. The zero-order valence-electron chi connectivity index (χ0n) is 19.1. The van der Waals surface area contributed by atoms with Gasteiger partial charge in [0.25, 0.3) is 0 Å². The molecule has 0 N–H and O–H groups in total. The Hall–Kier alpha value is -4.64. The molecule has 0 bridgehead atoms. The number of fused-ring (bicyclic) bond motifs is 1. The first-order valence-electron chi connectivity index (χ1n) is 11.1. The van der Waals surface area contributed by atoms with E-state index < -0.39 is 0 Å². The Morgan fingerprint density at radius 1 is 0.857 bits per heavy atom. The lowest BCUT2D eigenvalue weighted by molar-refractivity contribution is 0.0600. The molecule has 0 radical (unpaired) electrons. The average Bonchev–Trinajstić information content (AvgIpc) is 3.22. The molecule has 0 fully saturated rings. The SMILES string of the molecule is COC(=O)c1ccc(COc2ccc3c(c2)O/C(=C\c2ccc(-c4ccccc4)cc2)C3=O)cc1. The number of benzene rings is 4. The minimum atomic E-state index is -0.381. The van der Waals surface area contributed by atoms with Crippen molar-refractivity contribution < 1.29 is 23.8 Å². The predicted molar refractivity (Wildman–Crippen MR) is 133 cm³/mol. The fraction of sp³-hybridized carbons (Fsp3) is 0.0667.